The standard InChI is InChI=1S/C26H35F2NO3Si/c1-26(2,3)33(4,5)32-24-14-11-19(15-23(24)28)21-13-12-20(16-22(21)27)29-25(30)31-17-18-9-7-6-8-10-18/h6-10,12-13,16,19,23-24H,11,14-15,17H2,1-5H3,(H,29,30). The maximum Gasteiger partial charge on any atom is 0.411 e. The molecular weight excluding hydrogens is 440 g/mol. The van der Waals surface area contributed by atoms with Gasteiger partial charge in [0.25, 0.3) is 0 Å². The molecule has 1 aliphatic rings. The molecule has 2 aromatic rings. The highest BCUT2D eigenvalue weighted by atomic mass is 28.4. The van der Waals surface area contributed by atoms with E-state index in [1.165, 1.54) is 6.07 Å². The summed E-state index contributed by atoms with van der Waals surface area (Å²) in [6.45, 7) is 10.8. The molecule has 1 aliphatic carbocycles. The number of halogens is 2. The maximum absolute atomic E-state index is 15.0. The lowest BCUT2D eigenvalue weighted by molar-refractivity contribution is 0.0449. The first-order chi connectivity index (χ1) is 15.5. The van der Waals surface area contributed by atoms with Crippen LogP contribution in [0.1, 0.15) is 57.1 Å². The zero-order chi connectivity index (χ0) is 24.2. The summed E-state index contributed by atoms with van der Waals surface area (Å²) >= 11 is 0. The van der Waals surface area contributed by atoms with Crippen molar-refractivity contribution in [3.05, 3.63) is 65.5 Å². The molecule has 7 heteroatoms. The number of benzene rings is 2. The maximum atomic E-state index is 15.0. The lowest BCUT2D eigenvalue weighted by atomic mass is 9.81. The van der Waals surface area contributed by atoms with E-state index in [0.29, 0.717) is 24.1 Å². The van der Waals surface area contributed by atoms with Crippen molar-refractivity contribution in [2.24, 2.45) is 0 Å². The van der Waals surface area contributed by atoms with Crippen LogP contribution in [-0.4, -0.2) is 26.7 Å². The highest BCUT2D eigenvalue weighted by molar-refractivity contribution is 6.74. The van der Waals surface area contributed by atoms with Crippen LogP contribution in [0.3, 0.4) is 0 Å². The van der Waals surface area contributed by atoms with Gasteiger partial charge in [-0.05, 0) is 66.6 Å². The third-order valence-corrected chi connectivity index (χ3v) is 11.4. The van der Waals surface area contributed by atoms with Gasteiger partial charge < -0.3 is 9.16 Å². The van der Waals surface area contributed by atoms with Crippen LogP contribution in [0, 0.1) is 5.82 Å². The summed E-state index contributed by atoms with van der Waals surface area (Å²) in [6, 6.07) is 13.8. The minimum absolute atomic E-state index is 0.0146. The van der Waals surface area contributed by atoms with Crippen LogP contribution >= 0.6 is 0 Å². The van der Waals surface area contributed by atoms with Gasteiger partial charge in [0, 0.05) is 5.69 Å². The Morgan fingerprint density at radius 2 is 1.82 bits per heavy atom. The third-order valence-electron chi connectivity index (χ3n) is 6.86. The molecule has 2 aromatic carbocycles. The SMILES string of the molecule is CC(C)(C)[Si](C)(C)OC1CCC(c2ccc(NC(=O)OCc3ccccc3)cc2F)CC1F. The zero-order valence-corrected chi connectivity index (χ0v) is 21.2. The number of nitrogens with one attached hydrogen (secondary N) is 1. The van der Waals surface area contributed by atoms with Crippen LogP contribution in [0.2, 0.25) is 18.1 Å². The molecule has 1 N–H and O–H groups in total. The lowest BCUT2D eigenvalue weighted by Gasteiger charge is -2.42. The van der Waals surface area contributed by atoms with Crippen molar-refractivity contribution in [3.63, 3.8) is 0 Å². The Hall–Kier alpha value is -2.25. The van der Waals surface area contributed by atoms with E-state index >= 15 is 4.39 Å². The van der Waals surface area contributed by atoms with E-state index in [2.05, 4.69) is 39.2 Å². The fraction of sp³-hybridized carbons (Fsp3) is 0.500. The summed E-state index contributed by atoms with van der Waals surface area (Å²) < 4.78 is 41.3. The van der Waals surface area contributed by atoms with Crippen molar-refractivity contribution in [3.8, 4) is 0 Å². The first kappa shape index (κ1) is 25.4. The van der Waals surface area contributed by atoms with Crippen LogP contribution < -0.4 is 5.32 Å². The Morgan fingerprint density at radius 1 is 1.12 bits per heavy atom. The summed E-state index contributed by atoms with van der Waals surface area (Å²) in [5.74, 6) is -0.657. The van der Waals surface area contributed by atoms with Gasteiger partial charge in [-0.25, -0.2) is 13.6 Å². The van der Waals surface area contributed by atoms with Gasteiger partial charge in [-0.1, -0.05) is 57.2 Å². The Bertz CT molecular complexity index is 946. The van der Waals surface area contributed by atoms with Gasteiger partial charge in [0.05, 0.1) is 6.10 Å². The lowest BCUT2D eigenvalue weighted by Crippen LogP contribution is -2.47. The van der Waals surface area contributed by atoms with E-state index in [4.69, 9.17) is 9.16 Å². The molecule has 0 spiro atoms. The first-order valence-corrected chi connectivity index (χ1v) is 14.5. The summed E-state index contributed by atoms with van der Waals surface area (Å²) in [6.07, 6.45) is -0.722. The van der Waals surface area contributed by atoms with Crippen molar-refractivity contribution in [2.75, 3.05) is 5.32 Å². The predicted octanol–water partition coefficient (Wildman–Crippen LogP) is 7.57. The van der Waals surface area contributed by atoms with Crippen LogP contribution in [0.25, 0.3) is 0 Å². The number of hydrogen-bond donors (Lipinski definition) is 1. The van der Waals surface area contributed by atoms with E-state index in [-0.39, 0.29) is 24.0 Å². The van der Waals surface area contributed by atoms with E-state index in [0.717, 1.165) is 5.56 Å². The van der Waals surface area contributed by atoms with Crippen LogP contribution in [-0.2, 0) is 15.8 Å². The molecule has 1 saturated carbocycles. The van der Waals surface area contributed by atoms with Crippen molar-refractivity contribution in [1.29, 1.82) is 0 Å². The summed E-state index contributed by atoms with van der Waals surface area (Å²) in [5, 5.41) is 2.56. The number of hydrogen-bond acceptors (Lipinski definition) is 3. The van der Waals surface area contributed by atoms with Crippen LogP contribution in [0.15, 0.2) is 48.5 Å². The largest absolute Gasteiger partial charge is 0.444 e. The highest BCUT2D eigenvalue weighted by Gasteiger charge is 2.42. The second kappa shape index (κ2) is 10.3. The molecule has 0 aromatic heterocycles. The highest BCUT2D eigenvalue weighted by Crippen LogP contribution is 2.42. The van der Waals surface area contributed by atoms with Gasteiger partial charge in [0.1, 0.15) is 18.6 Å². The molecule has 3 rings (SSSR count). The zero-order valence-electron chi connectivity index (χ0n) is 20.2. The van der Waals surface area contributed by atoms with Crippen LogP contribution in [0.4, 0.5) is 19.3 Å². The predicted molar refractivity (Wildman–Crippen MR) is 130 cm³/mol. The van der Waals surface area contributed by atoms with Crippen molar-refractivity contribution < 1.29 is 22.7 Å². The molecule has 3 unspecified atom stereocenters. The van der Waals surface area contributed by atoms with Gasteiger partial charge >= 0.3 is 6.09 Å². The molecule has 33 heavy (non-hydrogen) atoms. The smallest absolute Gasteiger partial charge is 0.411 e. The Balaban J connectivity index is 1.56. The topological polar surface area (TPSA) is 47.6 Å². The van der Waals surface area contributed by atoms with Crippen molar-refractivity contribution in [1.82, 2.24) is 0 Å². The second-order valence-electron chi connectivity index (χ2n) is 10.4. The normalized spacial score (nSPS) is 21.5. The molecular formula is C26H35F2NO3Si. The summed E-state index contributed by atoms with van der Waals surface area (Å²) in [4.78, 5) is 12.0. The van der Waals surface area contributed by atoms with Gasteiger partial charge in [0.15, 0.2) is 8.32 Å². The fourth-order valence-electron chi connectivity index (χ4n) is 3.87. The van der Waals surface area contributed by atoms with Crippen molar-refractivity contribution in [2.45, 2.75) is 83.0 Å². The van der Waals surface area contributed by atoms with E-state index in [1.54, 1.807) is 12.1 Å². The molecule has 0 radical (unpaired) electrons. The molecule has 180 valence electrons. The van der Waals surface area contributed by atoms with E-state index in [1.807, 2.05) is 30.3 Å². The number of amides is 1. The molecule has 0 saturated heterocycles. The number of rotatable bonds is 6. The average Bonchev–Trinajstić information content (AvgIpc) is 2.74. The molecule has 3 atom stereocenters. The number of ether oxygens (including phenoxy) is 1. The minimum atomic E-state index is -2.06. The van der Waals surface area contributed by atoms with Gasteiger partial charge in [-0.2, -0.15) is 0 Å². The summed E-state index contributed by atoms with van der Waals surface area (Å²) in [7, 11) is -2.06. The van der Waals surface area contributed by atoms with Crippen LogP contribution in [0.5, 0.6) is 0 Å². The molecule has 1 fully saturated rings. The quantitative estimate of drug-likeness (QED) is 0.438. The Labute approximate surface area is 196 Å². The monoisotopic (exact) mass is 475 g/mol. The minimum Gasteiger partial charge on any atom is -0.444 e. The number of carbonyl (C=O) groups is 1. The molecule has 0 heterocycles. The number of alkyl halides is 1. The molecule has 0 aliphatic heterocycles. The molecule has 0 bridgehead atoms. The first-order valence-electron chi connectivity index (χ1n) is 11.6. The molecule has 4 nitrogen and oxygen atoms in total. The van der Waals surface area contributed by atoms with E-state index < -0.39 is 32.5 Å². The Kier molecular flexibility index (Phi) is 7.95. The number of anilines is 1. The van der Waals surface area contributed by atoms with Gasteiger partial charge in [-0.3, -0.25) is 5.32 Å². The third kappa shape index (κ3) is 6.64. The molecule has 1 amide bonds. The van der Waals surface area contributed by atoms with E-state index in [9.17, 15) is 9.18 Å². The van der Waals surface area contributed by atoms with Gasteiger partial charge in [-0.15, -0.1) is 0 Å². The summed E-state index contributed by atoms with van der Waals surface area (Å²) in [5.41, 5.74) is 1.65. The number of carbonyl (C=O) groups excluding carboxylic acids is 1. The van der Waals surface area contributed by atoms with Gasteiger partial charge in [0.2, 0.25) is 0 Å². The Morgan fingerprint density at radius 3 is 2.42 bits per heavy atom. The fourth-order valence-corrected chi connectivity index (χ4v) is 5.25. The average molecular weight is 476 g/mol. The van der Waals surface area contributed by atoms with Crippen molar-refractivity contribution >= 4 is 20.1 Å². The second-order valence-corrected chi connectivity index (χ2v) is 15.1.